The van der Waals surface area contributed by atoms with Crippen LogP contribution in [-0.4, -0.2) is 14.6 Å². The molecule has 0 saturated carbocycles. The van der Waals surface area contributed by atoms with Crippen molar-refractivity contribution in [2.24, 2.45) is 0 Å². The van der Waals surface area contributed by atoms with Crippen LogP contribution in [0.5, 0.6) is 0 Å². The van der Waals surface area contributed by atoms with E-state index in [4.69, 9.17) is 0 Å². The number of fused-ring (bicyclic) bond motifs is 1. The summed E-state index contributed by atoms with van der Waals surface area (Å²) < 4.78 is 1.94. The number of rotatable bonds is 2. The van der Waals surface area contributed by atoms with Gasteiger partial charge in [-0.2, -0.15) is 0 Å². The van der Waals surface area contributed by atoms with Crippen LogP contribution in [0.3, 0.4) is 0 Å². The van der Waals surface area contributed by atoms with Crippen LogP contribution in [-0.2, 0) is 6.42 Å². The van der Waals surface area contributed by atoms with Crippen LogP contribution in [0.25, 0.3) is 5.65 Å². The SMILES string of the molecule is c1ccc(Cc2cccn3cnnc23)cc1. The predicted molar refractivity (Wildman–Crippen MR) is 62.2 cm³/mol. The molecule has 0 radical (unpaired) electrons. The zero-order valence-electron chi connectivity index (χ0n) is 8.74. The zero-order chi connectivity index (χ0) is 10.8. The van der Waals surface area contributed by atoms with Crippen molar-refractivity contribution in [1.29, 1.82) is 0 Å². The summed E-state index contributed by atoms with van der Waals surface area (Å²) in [6.07, 6.45) is 4.58. The minimum absolute atomic E-state index is 0.893. The molecule has 2 aromatic heterocycles. The maximum atomic E-state index is 4.13. The van der Waals surface area contributed by atoms with Crippen LogP contribution < -0.4 is 0 Å². The minimum atomic E-state index is 0.893. The monoisotopic (exact) mass is 209 g/mol. The lowest BCUT2D eigenvalue weighted by Crippen LogP contribution is -1.93. The van der Waals surface area contributed by atoms with Crippen molar-refractivity contribution < 1.29 is 0 Å². The van der Waals surface area contributed by atoms with Gasteiger partial charge in [-0.3, -0.25) is 4.40 Å². The maximum absolute atomic E-state index is 4.13. The fraction of sp³-hybridized carbons (Fsp3) is 0.0769. The molecule has 0 bridgehead atoms. The van der Waals surface area contributed by atoms with Gasteiger partial charge in [0, 0.05) is 18.2 Å². The van der Waals surface area contributed by atoms with E-state index in [1.54, 1.807) is 6.33 Å². The van der Waals surface area contributed by atoms with E-state index >= 15 is 0 Å². The molecule has 0 atom stereocenters. The van der Waals surface area contributed by atoms with Crippen LogP contribution in [0.15, 0.2) is 55.0 Å². The van der Waals surface area contributed by atoms with E-state index in [1.165, 1.54) is 11.1 Å². The van der Waals surface area contributed by atoms with Crippen molar-refractivity contribution in [2.75, 3.05) is 0 Å². The molecule has 0 aliphatic carbocycles. The smallest absolute Gasteiger partial charge is 0.164 e. The first-order valence-corrected chi connectivity index (χ1v) is 5.24. The van der Waals surface area contributed by atoms with Gasteiger partial charge < -0.3 is 0 Å². The summed E-state index contributed by atoms with van der Waals surface area (Å²) in [4.78, 5) is 0. The lowest BCUT2D eigenvalue weighted by Gasteiger charge is -2.02. The summed E-state index contributed by atoms with van der Waals surface area (Å²) in [5.41, 5.74) is 3.43. The third-order valence-electron chi connectivity index (χ3n) is 2.64. The van der Waals surface area contributed by atoms with E-state index in [1.807, 2.05) is 22.7 Å². The number of pyridine rings is 1. The van der Waals surface area contributed by atoms with Crippen molar-refractivity contribution in [1.82, 2.24) is 14.6 Å². The standard InChI is InChI=1S/C13H11N3/c1-2-5-11(6-3-1)9-12-7-4-8-16-10-14-15-13(12)16/h1-8,10H,9H2. The van der Waals surface area contributed by atoms with Gasteiger partial charge in [-0.25, -0.2) is 0 Å². The third-order valence-corrected chi connectivity index (χ3v) is 2.64. The molecule has 0 fully saturated rings. The summed E-state index contributed by atoms with van der Waals surface area (Å²) in [6.45, 7) is 0. The highest BCUT2D eigenvalue weighted by Gasteiger charge is 2.03. The summed E-state index contributed by atoms with van der Waals surface area (Å²) in [5, 5.41) is 8.04. The Kier molecular flexibility index (Phi) is 2.14. The molecule has 78 valence electrons. The van der Waals surface area contributed by atoms with Crippen LogP contribution in [0.2, 0.25) is 0 Å². The maximum Gasteiger partial charge on any atom is 0.164 e. The number of benzene rings is 1. The summed E-state index contributed by atoms with van der Waals surface area (Å²) in [6, 6.07) is 14.5. The quantitative estimate of drug-likeness (QED) is 0.648. The highest BCUT2D eigenvalue weighted by Crippen LogP contribution is 2.13. The Balaban J connectivity index is 2.04. The Hall–Kier alpha value is -2.16. The van der Waals surface area contributed by atoms with Crippen LogP contribution in [0.1, 0.15) is 11.1 Å². The highest BCUT2D eigenvalue weighted by molar-refractivity contribution is 5.48. The lowest BCUT2D eigenvalue weighted by molar-refractivity contribution is 1.10. The highest BCUT2D eigenvalue weighted by atomic mass is 15.2. The lowest BCUT2D eigenvalue weighted by atomic mass is 10.1. The molecule has 0 amide bonds. The fourth-order valence-electron chi connectivity index (χ4n) is 1.86. The van der Waals surface area contributed by atoms with Crippen molar-refractivity contribution in [3.63, 3.8) is 0 Å². The van der Waals surface area contributed by atoms with Crippen molar-refractivity contribution in [3.8, 4) is 0 Å². The Morgan fingerprint density at radius 3 is 2.75 bits per heavy atom. The third kappa shape index (κ3) is 1.56. The minimum Gasteiger partial charge on any atom is -0.289 e. The Labute approximate surface area is 93.4 Å². The first-order chi connectivity index (χ1) is 7.93. The van der Waals surface area contributed by atoms with E-state index < -0.39 is 0 Å². The first kappa shape index (κ1) is 9.09. The molecule has 2 heterocycles. The first-order valence-electron chi connectivity index (χ1n) is 5.24. The zero-order valence-corrected chi connectivity index (χ0v) is 8.74. The van der Waals surface area contributed by atoms with Crippen LogP contribution in [0, 0.1) is 0 Å². The molecule has 1 aromatic carbocycles. The molecule has 0 saturated heterocycles. The molecule has 0 aliphatic heterocycles. The average molecular weight is 209 g/mol. The fourth-order valence-corrected chi connectivity index (χ4v) is 1.86. The van der Waals surface area contributed by atoms with E-state index in [9.17, 15) is 0 Å². The average Bonchev–Trinajstić information content (AvgIpc) is 2.80. The van der Waals surface area contributed by atoms with E-state index in [0.717, 1.165) is 12.1 Å². The number of aromatic nitrogens is 3. The van der Waals surface area contributed by atoms with Gasteiger partial charge in [-0.1, -0.05) is 36.4 Å². The topological polar surface area (TPSA) is 30.2 Å². The molecule has 3 rings (SSSR count). The molecular weight excluding hydrogens is 198 g/mol. The molecule has 3 nitrogen and oxygen atoms in total. The Morgan fingerprint density at radius 1 is 1.00 bits per heavy atom. The molecule has 3 aromatic rings. The predicted octanol–water partition coefficient (Wildman–Crippen LogP) is 2.32. The Bertz CT molecular complexity index is 599. The molecule has 16 heavy (non-hydrogen) atoms. The number of nitrogens with zero attached hydrogens (tertiary/aromatic N) is 3. The second-order valence-corrected chi connectivity index (χ2v) is 3.76. The van der Waals surface area contributed by atoms with Gasteiger partial charge in [0.15, 0.2) is 5.65 Å². The molecular formula is C13H11N3. The second-order valence-electron chi connectivity index (χ2n) is 3.76. The second kappa shape index (κ2) is 3.77. The van der Waals surface area contributed by atoms with Gasteiger partial charge in [0.25, 0.3) is 0 Å². The van der Waals surface area contributed by atoms with E-state index in [-0.39, 0.29) is 0 Å². The molecule has 0 unspecified atom stereocenters. The van der Waals surface area contributed by atoms with Gasteiger partial charge in [0.05, 0.1) is 0 Å². The number of hydrogen-bond donors (Lipinski definition) is 0. The van der Waals surface area contributed by atoms with Gasteiger partial charge in [-0.05, 0) is 11.6 Å². The van der Waals surface area contributed by atoms with Gasteiger partial charge in [0.2, 0.25) is 0 Å². The molecule has 0 aliphatic rings. The summed E-state index contributed by atoms with van der Waals surface area (Å²) in [7, 11) is 0. The number of hydrogen-bond acceptors (Lipinski definition) is 2. The molecule has 3 heteroatoms. The Morgan fingerprint density at radius 2 is 1.88 bits per heavy atom. The largest absolute Gasteiger partial charge is 0.289 e. The van der Waals surface area contributed by atoms with Crippen LogP contribution in [0.4, 0.5) is 0 Å². The van der Waals surface area contributed by atoms with E-state index in [2.05, 4.69) is 40.5 Å². The molecule has 0 N–H and O–H groups in total. The summed E-state index contributed by atoms with van der Waals surface area (Å²) >= 11 is 0. The van der Waals surface area contributed by atoms with Crippen molar-refractivity contribution >= 4 is 5.65 Å². The van der Waals surface area contributed by atoms with Gasteiger partial charge in [0.1, 0.15) is 6.33 Å². The normalized spacial score (nSPS) is 10.8. The summed E-state index contributed by atoms with van der Waals surface area (Å²) in [5.74, 6) is 0. The van der Waals surface area contributed by atoms with Gasteiger partial charge >= 0.3 is 0 Å². The van der Waals surface area contributed by atoms with E-state index in [0.29, 0.717) is 0 Å². The van der Waals surface area contributed by atoms with Crippen molar-refractivity contribution in [3.05, 3.63) is 66.1 Å². The van der Waals surface area contributed by atoms with Crippen molar-refractivity contribution in [2.45, 2.75) is 6.42 Å². The van der Waals surface area contributed by atoms with Crippen LogP contribution >= 0.6 is 0 Å². The van der Waals surface area contributed by atoms with Gasteiger partial charge in [-0.15, -0.1) is 10.2 Å². The molecule has 0 spiro atoms.